The highest BCUT2D eigenvalue weighted by Gasteiger charge is 2.40. The van der Waals surface area contributed by atoms with Gasteiger partial charge in [0.1, 0.15) is 10.6 Å². The van der Waals surface area contributed by atoms with Gasteiger partial charge < -0.3 is 10.1 Å². The van der Waals surface area contributed by atoms with Crippen molar-refractivity contribution < 1.29 is 4.74 Å². The fourth-order valence-corrected chi connectivity index (χ4v) is 4.67. The molecule has 1 N–H and O–H groups in total. The number of rotatable bonds is 7. The minimum absolute atomic E-state index is 0.0825. The summed E-state index contributed by atoms with van der Waals surface area (Å²) >= 11 is 1.90. The van der Waals surface area contributed by atoms with Crippen molar-refractivity contribution in [1.82, 2.24) is 10.3 Å². The molecule has 0 unspecified atom stereocenters. The van der Waals surface area contributed by atoms with Gasteiger partial charge >= 0.3 is 0 Å². The Bertz CT molecular complexity index is 473. The molecule has 1 heterocycles. The lowest BCUT2D eigenvalue weighted by atomic mass is 10.0. The number of nitrogens with zero attached hydrogens (tertiary/aromatic N) is 1. The Labute approximate surface area is 132 Å². The van der Waals surface area contributed by atoms with Gasteiger partial charge in [0.15, 0.2) is 0 Å². The zero-order chi connectivity index (χ0) is 14.9. The molecular formula is C17H28N2OS. The van der Waals surface area contributed by atoms with E-state index in [0.717, 1.165) is 32.0 Å². The van der Waals surface area contributed by atoms with Crippen molar-refractivity contribution in [2.24, 2.45) is 0 Å². The van der Waals surface area contributed by atoms with Gasteiger partial charge in [-0.3, -0.25) is 0 Å². The summed E-state index contributed by atoms with van der Waals surface area (Å²) in [5, 5.41) is 4.88. The largest absolute Gasteiger partial charge is 0.368 e. The molecule has 2 aliphatic rings. The van der Waals surface area contributed by atoms with Crippen LogP contribution in [0.4, 0.5) is 0 Å². The van der Waals surface area contributed by atoms with Crippen LogP contribution >= 0.6 is 11.3 Å². The Morgan fingerprint density at radius 1 is 1.33 bits per heavy atom. The third kappa shape index (κ3) is 3.33. The first-order valence-electron chi connectivity index (χ1n) is 8.52. The molecule has 3 rings (SSSR count). The summed E-state index contributed by atoms with van der Waals surface area (Å²) < 4.78 is 6.19. The first kappa shape index (κ1) is 15.4. The van der Waals surface area contributed by atoms with Crippen molar-refractivity contribution in [2.45, 2.75) is 83.4 Å². The summed E-state index contributed by atoms with van der Waals surface area (Å²) in [4.78, 5) is 6.46. The van der Waals surface area contributed by atoms with Gasteiger partial charge in [-0.05, 0) is 38.5 Å². The molecule has 4 heteroatoms. The molecule has 0 radical (unpaired) electrons. The Morgan fingerprint density at radius 3 is 2.62 bits per heavy atom. The maximum atomic E-state index is 6.19. The molecule has 0 atom stereocenters. The van der Waals surface area contributed by atoms with E-state index >= 15 is 0 Å². The van der Waals surface area contributed by atoms with Gasteiger partial charge in [0.05, 0.1) is 5.69 Å². The summed E-state index contributed by atoms with van der Waals surface area (Å²) in [6.45, 7) is 8.37. The van der Waals surface area contributed by atoms with Gasteiger partial charge in [-0.15, -0.1) is 11.3 Å². The monoisotopic (exact) mass is 308 g/mol. The van der Waals surface area contributed by atoms with Gasteiger partial charge in [-0.25, -0.2) is 4.98 Å². The second kappa shape index (κ2) is 6.35. The zero-order valence-corrected chi connectivity index (χ0v) is 14.4. The number of hydrogen-bond acceptors (Lipinski definition) is 4. The third-order valence-corrected chi connectivity index (χ3v) is 5.88. The van der Waals surface area contributed by atoms with Gasteiger partial charge in [-0.2, -0.15) is 0 Å². The molecule has 0 aromatic carbocycles. The molecule has 0 amide bonds. The fourth-order valence-electron chi connectivity index (χ4n) is 3.30. The highest BCUT2D eigenvalue weighted by atomic mass is 32.1. The number of hydrogen-bond donors (Lipinski definition) is 1. The quantitative estimate of drug-likeness (QED) is 0.814. The average Bonchev–Trinajstić information content (AvgIpc) is 2.99. The molecule has 1 aromatic heterocycles. The van der Waals surface area contributed by atoms with Gasteiger partial charge in [-0.1, -0.05) is 26.7 Å². The van der Waals surface area contributed by atoms with Crippen LogP contribution in [0, 0.1) is 0 Å². The van der Waals surface area contributed by atoms with Crippen LogP contribution in [0.3, 0.4) is 0 Å². The van der Waals surface area contributed by atoms with Gasteiger partial charge in [0, 0.05) is 24.1 Å². The topological polar surface area (TPSA) is 34.1 Å². The number of nitrogens with one attached hydrogen (secondary N) is 1. The molecule has 118 valence electrons. The highest BCUT2D eigenvalue weighted by molar-refractivity contribution is 7.11. The lowest BCUT2D eigenvalue weighted by Gasteiger charge is -2.26. The summed E-state index contributed by atoms with van der Waals surface area (Å²) in [6.07, 6.45) is 7.50. The molecule has 1 aromatic rings. The normalized spacial score (nSPS) is 21.3. The van der Waals surface area contributed by atoms with E-state index in [0.29, 0.717) is 5.92 Å². The standard InChI is InChI=1S/C17H28N2OS/c1-4-20-17(9-5-6-10-17)16-19-15(12(2)3)14(21-16)11-18-13-7-8-13/h12-13,18H,4-11H2,1-3H3. The van der Waals surface area contributed by atoms with Crippen LogP contribution in [-0.2, 0) is 16.9 Å². The van der Waals surface area contributed by atoms with E-state index in [1.807, 2.05) is 11.3 Å². The van der Waals surface area contributed by atoms with Crippen LogP contribution in [-0.4, -0.2) is 17.6 Å². The van der Waals surface area contributed by atoms with E-state index in [-0.39, 0.29) is 5.60 Å². The second-order valence-corrected chi connectivity index (χ2v) is 7.86. The van der Waals surface area contributed by atoms with Crippen LogP contribution < -0.4 is 5.32 Å². The highest BCUT2D eigenvalue weighted by Crippen LogP contribution is 2.45. The molecule has 21 heavy (non-hydrogen) atoms. The maximum Gasteiger partial charge on any atom is 0.125 e. The van der Waals surface area contributed by atoms with Gasteiger partial charge in [0.2, 0.25) is 0 Å². The molecule has 3 nitrogen and oxygen atoms in total. The molecular weight excluding hydrogens is 280 g/mol. The maximum absolute atomic E-state index is 6.19. The third-order valence-electron chi connectivity index (χ3n) is 4.62. The van der Waals surface area contributed by atoms with Crippen molar-refractivity contribution in [3.05, 3.63) is 15.6 Å². The predicted molar refractivity (Wildman–Crippen MR) is 87.8 cm³/mol. The van der Waals surface area contributed by atoms with Crippen molar-refractivity contribution in [3.63, 3.8) is 0 Å². The Morgan fingerprint density at radius 2 is 2.05 bits per heavy atom. The average molecular weight is 308 g/mol. The van der Waals surface area contributed by atoms with E-state index < -0.39 is 0 Å². The molecule has 2 fully saturated rings. The van der Waals surface area contributed by atoms with Crippen molar-refractivity contribution in [2.75, 3.05) is 6.61 Å². The first-order valence-corrected chi connectivity index (χ1v) is 9.33. The lowest BCUT2D eigenvalue weighted by Crippen LogP contribution is -2.26. The fraction of sp³-hybridized carbons (Fsp3) is 0.824. The Hall–Kier alpha value is -0.450. The minimum atomic E-state index is -0.0825. The Kier molecular flexibility index (Phi) is 4.67. The van der Waals surface area contributed by atoms with E-state index in [4.69, 9.17) is 9.72 Å². The van der Waals surface area contributed by atoms with Crippen LogP contribution in [0.5, 0.6) is 0 Å². The number of thiazole rings is 1. The molecule has 0 saturated heterocycles. The molecule has 0 spiro atoms. The van der Waals surface area contributed by atoms with Crippen LogP contribution in [0.1, 0.15) is 80.8 Å². The minimum Gasteiger partial charge on any atom is -0.368 e. The van der Waals surface area contributed by atoms with E-state index in [2.05, 4.69) is 26.1 Å². The summed E-state index contributed by atoms with van der Waals surface area (Å²) in [7, 11) is 0. The SMILES string of the molecule is CCOC1(c2nc(C(C)C)c(CNC3CC3)s2)CCCC1. The zero-order valence-electron chi connectivity index (χ0n) is 13.6. The van der Waals surface area contributed by atoms with Crippen molar-refractivity contribution in [3.8, 4) is 0 Å². The van der Waals surface area contributed by atoms with Crippen LogP contribution in [0.2, 0.25) is 0 Å². The number of ether oxygens (including phenoxy) is 1. The Balaban J connectivity index is 1.84. The van der Waals surface area contributed by atoms with E-state index in [1.54, 1.807) is 0 Å². The summed E-state index contributed by atoms with van der Waals surface area (Å²) in [5.74, 6) is 0.492. The number of aromatic nitrogens is 1. The summed E-state index contributed by atoms with van der Waals surface area (Å²) in [6, 6.07) is 0.753. The lowest BCUT2D eigenvalue weighted by molar-refractivity contribution is -0.0392. The van der Waals surface area contributed by atoms with Crippen LogP contribution in [0.15, 0.2) is 0 Å². The van der Waals surface area contributed by atoms with E-state index in [1.165, 1.54) is 41.3 Å². The first-order chi connectivity index (χ1) is 10.1. The van der Waals surface area contributed by atoms with Crippen LogP contribution in [0.25, 0.3) is 0 Å². The molecule has 0 bridgehead atoms. The predicted octanol–water partition coefficient (Wildman–Crippen LogP) is 4.32. The summed E-state index contributed by atoms with van der Waals surface area (Å²) in [5.41, 5.74) is 1.20. The van der Waals surface area contributed by atoms with Crippen molar-refractivity contribution >= 4 is 11.3 Å². The second-order valence-electron chi connectivity index (χ2n) is 6.77. The van der Waals surface area contributed by atoms with Crippen molar-refractivity contribution in [1.29, 1.82) is 0 Å². The molecule has 0 aliphatic heterocycles. The van der Waals surface area contributed by atoms with Gasteiger partial charge in [0.25, 0.3) is 0 Å². The smallest absolute Gasteiger partial charge is 0.125 e. The molecule has 2 saturated carbocycles. The molecule has 2 aliphatic carbocycles. The van der Waals surface area contributed by atoms with E-state index in [9.17, 15) is 0 Å².